The monoisotopic (exact) mass is 355 g/mol. The van der Waals surface area contributed by atoms with Crippen LogP contribution in [0.3, 0.4) is 0 Å². The number of hydrogen-bond donors (Lipinski definition) is 1. The van der Waals surface area contributed by atoms with Gasteiger partial charge in [0.25, 0.3) is 5.91 Å². The summed E-state index contributed by atoms with van der Waals surface area (Å²) in [5, 5.41) is 2.75. The highest BCUT2D eigenvalue weighted by atomic mass is 16.6. The predicted molar refractivity (Wildman–Crippen MR) is 95.1 cm³/mol. The Bertz CT molecular complexity index is 803. The van der Waals surface area contributed by atoms with Gasteiger partial charge in [0, 0.05) is 6.54 Å². The largest absolute Gasteiger partial charge is 0.486 e. The van der Waals surface area contributed by atoms with Gasteiger partial charge in [-0.05, 0) is 35.7 Å². The van der Waals surface area contributed by atoms with Gasteiger partial charge in [0.1, 0.15) is 13.2 Å². The third-order valence-electron chi connectivity index (χ3n) is 4.06. The zero-order chi connectivity index (χ0) is 18.4. The molecular weight excluding hydrogens is 334 g/mol. The van der Waals surface area contributed by atoms with Gasteiger partial charge in [-0.15, -0.1) is 0 Å². The topological polar surface area (TPSA) is 73.9 Å². The Morgan fingerprint density at radius 2 is 1.85 bits per heavy atom. The Morgan fingerprint density at radius 3 is 2.65 bits per heavy atom. The van der Waals surface area contributed by atoms with Gasteiger partial charge in [0.05, 0.1) is 6.42 Å². The average Bonchev–Trinajstić information content (AvgIpc) is 2.65. The first-order valence-electron chi connectivity index (χ1n) is 8.47. The highest BCUT2D eigenvalue weighted by Gasteiger charge is 2.14. The number of esters is 1. The van der Waals surface area contributed by atoms with Gasteiger partial charge >= 0.3 is 5.97 Å². The highest BCUT2D eigenvalue weighted by molar-refractivity contribution is 5.81. The van der Waals surface area contributed by atoms with E-state index < -0.39 is 5.97 Å². The fourth-order valence-corrected chi connectivity index (χ4v) is 2.61. The molecule has 1 aliphatic heterocycles. The molecule has 6 heteroatoms. The molecule has 0 saturated carbocycles. The number of amides is 1. The van der Waals surface area contributed by atoms with Crippen LogP contribution in [-0.2, 0) is 27.3 Å². The quantitative estimate of drug-likeness (QED) is 0.804. The highest BCUT2D eigenvalue weighted by Crippen LogP contribution is 2.30. The Balaban J connectivity index is 1.43. The molecule has 0 atom stereocenters. The van der Waals surface area contributed by atoms with Crippen LogP contribution in [0.2, 0.25) is 0 Å². The van der Waals surface area contributed by atoms with Gasteiger partial charge in [0.15, 0.2) is 18.1 Å². The number of nitrogens with one attached hydrogen (secondary N) is 1. The fraction of sp³-hybridized carbons (Fsp3) is 0.300. The van der Waals surface area contributed by atoms with Crippen LogP contribution in [0.1, 0.15) is 16.7 Å². The number of hydrogen-bond acceptors (Lipinski definition) is 5. The molecule has 0 fully saturated rings. The van der Waals surface area contributed by atoms with Crippen molar-refractivity contribution < 1.29 is 23.8 Å². The van der Waals surface area contributed by atoms with Crippen molar-refractivity contribution in [3.05, 3.63) is 59.2 Å². The van der Waals surface area contributed by atoms with Crippen molar-refractivity contribution in [2.24, 2.45) is 0 Å². The van der Waals surface area contributed by atoms with Crippen molar-refractivity contribution in [2.45, 2.75) is 19.9 Å². The van der Waals surface area contributed by atoms with Crippen molar-refractivity contribution >= 4 is 11.9 Å². The average molecular weight is 355 g/mol. The molecule has 0 unspecified atom stereocenters. The summed E-state index contributed by atoms with van der Waals surface area (Å²) >= 11 is 0. The Kier molecular flexibility index (Phi) is 5.73. The minimum absolute atomic E-state index is 0.0711. The molecule has 1 heterocycles. The molecule has 0 bridgehead atoms. The molecule has 1 aliphatic rings. The van der Waals surface area contributed by atoms with E-state index in [9.17, 15) is 9.59 Å². The van der Waals surface area contributed by atoms with Crippen LogP contribution in [0.4, 0.5) is 0 Å². The van der Waals surface area contributed by atoms with Crippen LogP contribution < -0.4 is 14.8 Å². The number of rotatable bonds is 6. The molecule has 26 heavy (non-hydrogen) atoms. The normalized spacial score (nSPS) is 12.3. The minimum Gasteiger partial charge on any atom is -0.486 e. The molecule has 2 aromatic carbocycles. The zero-order valence-electron chi connectivity index (χ0n) is 14.6. The van der Waals surface area contributed by atoms with Crippen LogP contribution in [-0.4, -0.2) is 31.7 Å². The lowest BCUT2D eigenvalue weighted by atomic mass is 10.1. The second-order valence-electron chi connectivity index (χ2n) is 6.02. The summed E-state index contributed by atoms with van der Waals surface area (Å²) in [6.07, 6.45) is 0.0711. The van der Waals surface area contributed by atoms with E-state index in [1.807, 2.05) is 31.2 Å². The van der Waals surface area contributed by atoms with E-state index in [0.29, 0.717) is 31.3 Å². The summed E-state index contributed by atoms with van der Waals surface area (Å²) in [5.74, 6) is 0.498. The van der Waals surface area contributed by atoms with Gasteiger partial charge in [-0.2, -0.15) is 0 Å². The minimum atomic E-state index is -0.465. The second-order valence-corrected chi connectivity index (χ2v) is 6.02. The van der Waals surface area contributed by atoms with E-state index in [1.54, 1.807) is 18.2 Å². The Morgan fingerprint density at radius 1 is 1.08 bits per heavy atom. The van der Waals surface area contributed by atoms with Crippen molar-refractivity contribution in [2.75, 3.05) is 19.8 Å². The van der Waals surface area contributed by atoms with E-state index in [1.165, 1.54) is 0 Å². The molecule has 0 aliphatic carbocycles. The van der Waals surface area contributed by atoms with E-state index in [2.05, 4.69) is 5.32 Å². The summed E-state index contributed by atoms with van der Waals surface area (Å²) in [5.41, 5.74) is 2.88. The third kappa shape index (κ3) is 4.75. The molecule has 0 aromatic heterocycles. The lowest BCUT2D eigenvalue weighted by molar-refractivity contribution is -0.147. The molecule has 1 N–H and O–H groups in total. The number of carbonyl (C=O) groups excluding carboxylic acids is 2. The van der Waals surface area contributed by atoms with Gasteiger partial charge < -0.3 is 19.5 Å². The first-order valence-corrected chi connectivity index (χ1v) is 8.47. The summed E-state index contributed by atoms with van der Waals surface area (Å²) in [6.45, 7) is 3.10. The molecule has 0 spiro atoms. The smallest absolute Gasteiger partial charge is 0.310 e. The number of fused-ring (bicyclic) bond motifs is 1. The van der Waals surface area contributed by atoms with Crippen molar-refractivity contribution in [3.63, 3.8) is 0 Å². The predicted octanol–water partition coefficient (Wildman–Crippen LogP) is 2.17. The van der Waals surface area contributed by atoms with Crippen LogP contribution >= 0.6 is 0 Å². The molecule has 0 radical (unpaired) electrons. The molecular formula is C20H21NO5. The van der Waals surface area contributed by atoms with Crippen molar-refractivity contribution in [3.8, 4) is 11.5 Å². The van der Waals surface area contributed by atoms with E-state index >= 15 is 0 Å². The maximum absolute atomic E-state index is 11.9. The molecule has 136 valence electrons. The van der Waals surface area contributed by atoms with Crippen LogP contribution in [0, 0.1) is 6.92 Å². The summed E-state index contributed by atoms with van der Waals surface area (Å²) in [7, 11) is 0. The van der Waals surface area contributed by atoms with Crippen molar-refractivity contribution in [1.29, 1.82) is 0 Å². The molecule has 0 saturated heterocycles. The second kappa shape index (κ2) is 8.38. The fourth-order valence-electron chi connectivity index (χ4n) is 2.61. The zero-order valence-corrected chi connectivity index (χ0v) is 14.6. The number of carbonyl (C=O) groups is 2. The molecule has 2 aromatic rings. The van der Waals surface area contributed by atoms with Gasteiger partial charge in [-0.25, -0.2) is 0 Å². The van der Waals surface area contributed by atoms with E-state index in [-0.39, 0.29) is 18.9 Å². The van der Waals surface area contributed by atoms with E-state index in [4.69, 9.17) is 14.2 Å². The lowest BCUT2D eigenvalue weighted by Crippen LogP contribution is -2.28. The Labute approximate surface area is 152 Å². The Hall–Kier alpha value is -3.02. The van der Waals surface area contributed by atoms with Crippen LogP contribution in [0.25, 0.3) is 0 Å². The summed E-state index contributed by atoms with van der Waals surface area (Å²) in [4.78, 5) is 23.8. The van der Waals surface area contributed by atoms with Gasteiger partial charge in [0.2, 0.25) is 0 Å². The van der Waals surface area contributed by atoms with Crippen LogP contribution in [0.5, 0.6) is 11.5 Å². The maximum atomic E-state index is 11.9. The number of aryl methyl sites for hydroxylation is 1. The number of ether oxygens (including phenoxy) is 3. The van der Waals surface area contributed by atoms with E-state index in [0.717, 1.165) is 16.7 Å². The lowest BCUT2D eigenvalue weighted by Gasteiger charge is -2.18. The first-order chi connectivity index (χ1) is 12.6. The SMILES string of the molecule is Cc1ccccc1CNC(=O)COC(=O)Cc1ccc2c(c1)OCCO2. The summed E-state index contributed by atoms with van der Waals surface area (Å²) in [6, 6.07) is 13.1. The standard InChI is InChI=1S/C20H21NO5/c1-14-4-2-3-5-16(14)12-21-19(22)13-26-20(23)11-15-6-7-17-18(10-15)25-9-8-24-17/h2-7,10H,8-9,11-13H2,1H3,(H,21,22). The first kappa shape index (κ1) is 17.8. The molecule has 1 amide bonds. The third-order valence-corrected chi connectivity index (χ3v) is 4.06. The molecule has 6 nitrogen and oxygen atoms in total. The number of benzene rings is 2. The molecule has 3 rings (SSSR count). The van der Waals surface area contributed by atoms with Crippen LogP contribution in [0.15, 0.2) is 42.5 Å². The van der Waals surface area contributed by atoms with Gasteiger partial charge in [-0.1, -0.05) is 30.3 Å². The summed E-state index contributed by atoms with van der Waals surface area (Å²) < 4.78 is 16.0. The van der Waals surface area contributed by atoms with Crippen molar-refractivity contribution in [1.82, 2.24) is 5.32 Å². The van der Waals surface area contributed by atoms with Gasteiger partial charge in [-0.3, -0.25) is 9.59 Å². The maximum Gasteiger partial charge on any atom is 0.310 e.